The molecule has 1 aliphatic heterocycles. The summed E-state index contributed by atoms with van der Waals surface area (Å²) in [5.41, 5.74) is -0.500. The Morgan fingerprint density at radius 2 is 1.88 bits per heavy atom. The second-order valence-electron chi connectivity index (χ2n) is 7.60. The first-order chi connectivity index (χ1) is 12.4. The lowest BCUT2D eigenvalue weighted by molar-refractivity contribution is -0.137. The number of halogens is 3. The van der Waals surface area contributed by atoms with Gasteiger partial charge in [0, 0.05) is 31.6 Å². The van der Waals surface area contributed by atoms with Crippen LogP contribution >= 0.6 is 0 Å². The summed E-state index contributed by atoms with van der Waals surface area (Å²) < 4.78 is 44.7. The highest BCUT2D eigenvalue weighted by atomic mass is 19.4. The van der Waals surface area contributed by atoms with E-state index >= 15 is 0 Å². The maximum absolute atomic E-state index is 13.1. The molecule has 0 aromatic heterocycles. The van der Waals surface area contributed by atoms with Crippen molar-refractivity contribution in [2.45, 2.75) is 56.5 Å². The van der Waals surface area contributed by atoms with Gasteiger partial charge < -0.3 is 10.1 Å². The molecule has 26 heavy (non-hydrogen) atoms. The van der Waals surface area contributed by atoms with Crippen LogP contribution in [0.5, 0.6) is 0 Å². The number of carbonyl (C=O) groups is 1. The summed E-state index contributed by atoms with van der Waals surface area (Å²) in [6.45, 7) is 1.35. The molecule has 1 aromatic carbocycles. The molecule has 1 saturated heterocycles. The van der Waals surface area contributed by atoms with Gasteiger partial charge in [-0.15, -0.1) is 0 Å². The quantitative estimate of drug-likeness (QED) is 0.833. The number of hydrogen-bond donors (Lipinski definition) is 1. The largest absolute Gasteiger partial charge is 0.416 e. The number of rotatable bonds is 5. The highest BCUT2D eigenvalue weighted by Crippen LogP contribution is 2.38. The van der Waals surface area contributed by atoms with E-state index in [2.05, 4.69) is 5.32 Å². The van der Waals surface area contributed by atoms with E-state index in [0.717, 1.165) is 18.9 Å². The van der Waals surface area contributed by atoms with Gasteiger partial charge in [0.2, 0.25) is 5.91 Å². The van der Waals surface area contributed by atoms with E-state index < -0.39 is 17.2 Å². The second-order valence-corrected chi connectivity index (χ2v) is 7.60. The minimum Gasteiger partial charge on any atom is -0.381 e. The van der Waals surface area contributed by atoms with Crippen LogP contribution in [0.25, 0.3) is 0 Å². The Balaban J connectivity index is 1.73. The summed E-state index contributed by atoms with van der Waals surface area (Å²) in [7, 11) is 0. The third kappa shape index (κ3) is 4.58. The van der Waals surface area contributed by atoms with Crippen LogP contribution in [-0.2, 0) is 21.1 Å². The van der Waals surface area contributed by atoms with E-state index in [1.807, 2.05) is 0 Å². The van der Waals surface area contributed by atoms with Gasteiger partial charge >= 0.3 is 6.18 Å². The van der Waals surface area contributed by atoms with Crippen molar-refractivity contribution >= 4 is 5.91 Å². The van der Waals surface area contributed by atoms with Crippen molar-refractivity contribution in [3.05, 3.63) is 35.4 Å². The zero-order chi connectivity index (χ0) is 18.6. The van der Waals surface area contributed by atoms with Crippen molar-refractivity contribution in [1.29, 1.82) is 0 Å². The Morgan fingerprint density at radius 1 is 1.19 bits per heavy atom. The lowest BCUT2D eigenvalue weighted by Crippen LogP contribution is -2.45. The Hall–Kier alpha value is -1.56. The van der Waals surface area contributed by atoms with Crippen molar-refractivity contribution in [2.75, 3.05) is 19.8 Å². The maximum Gasteiger partial charge on any atom is 0.416 e. The normalized spacial score (nSPS) is 20.9. The molecule has 1 saturated carbocycles. The van der Waals surface area contributed by atoms with Gasteiger partial charge in [-0.05, 0) is 43.2 Å². The Labute approximate surface area is 152 Å². The molecule has 2 aliphatic rings. The van der Waals surface area contributed by atoms with Gasteiger partial charge in [-0.25, -0.2) is 0 Å². The van der Waals surface area contributed by atoms with Crippen molar-refractivity contribution in [2.24, 2.45) is 5.92 Å². The standard InChI is InChI=1S/C20H26F3NO2/c21-20(22,23)17-7-3-6-16(13-17)19(8-10-26-11-9-19)14-24-18(25)12-15-4-1-2-5-15/h3,6-7,13,15H,1-2,4-5,8-12,14H2,(H,24,25). The number of ether oxygens (including phenoxy) is 1. The summed E-state index contributed by atoms with van der Waals surface area (Å²) >= 11 is 0. The number of amides is 1. The minimum atomic E-state index is -4.37. The number of alkyl halides is 3. The molecule has 0 spiro atoms. The van der Waals surface area contributed by atoms with Crippen LogP contribution in [0.15, 0.2) is 24.3 Å². The van der Waals surface area contributed by atoms with E-state index in [-0.39, 0.29) is 5.91 Å². The van der Waals surface area contributed by atoms with Crippen LogP contribution in [0.1, 0.15) is 56.1 Å². The summed E-state index contributed by atoms with van der Waals surface area (Å²) in [4.78, 5) is 12.3. The Kier molecular flexibility index (Phi) is 5.90. The molecule has 1 N–H and O–H groups in total. The van der Waals surface area contributed by atoms with E-state index in [9.17, 15) is 18.0 Å². The lowest BCUT2D eigenvalue weighted by Gasteiger charge is -2.38. The van der Waals surface area contributed by atoms with Crippen molar-refractivity contribution in [3.8, 4) is 0 Å². The zero-order valence-corrected chi connectivity index (χ0v) is 14.9. The Bertz CT molecular complexity index is 618. The van der Waals surface area contributed by atoms with Gasteiger partial charge in [0.05, 0.1) is 5.56 Å². The van der Waals surface area contributed by atoms with Crippen LogP contribution in [-0.4, -0.2) is 25.7 Å². The third-order valence-corrected chi connectivity index (χ3v) is 5.82. The van der Waals surface area contributed by atoms with Crippen LogP contribution < -0.4 is 5.32 Å². The summed E-state index contributed by atoms with van der Waals surface area (Å²) in [5.74, 6) is 0.462. The summed E-state index contributed by atoms with van der Waals surface area (Å²) in [6.07, 6.45) is 1.94. The maximum atomic E-state index is 13.1. The lowest BCUT2D eigenvalue weighted by atomic mass is 9.73. The third-order valence-electron chi connectivity index (χ3n) is 5.82. The molecule has 6 heteroatoms. The van der Waals surface area contributed by atoms with Crippen LogP contribution in [0, 0.1) is 5.92 Å². The zero-order valence-electron chi connectivity index (χ0n) is 14.9. The molecular weight excluding hydrogens is 343 g/mol. The number of hydrogen-bond acceptors (Lipinski definition) is 2. The Morgan fingerprint density at radius 3 is 2.54 bits per heavy atom. The highest BCUT2D eigenvalue weighted by Gasteiger charge is 2.37. The second kappa shape index (κ2) is 7.99. The van der Waals surface area contributed by atoms with E-state index in [1.54, 1.807) is 6.07 Å². The molecular formula is C20H26F3NO2. The molecule has 0 bridgehead atoms. The van der Waals surface area contributed by atoms with Crippen molar-refractivity contribution < 1.29 is 22.7 Å². The monoisotopic (exact) mass is 369 g/mol. The molecule has 1 aliphatic carbocycles. The first-order valence-corrected chi connectivity index (χ1v) is 9.41. The fourth-order valence-corrected chi connectivity index (χ4v) is 4.17. The van der Waals surface area contributed by atoms with E-state index in [1.165, 1.54) is 25.0 Å². The molecule has 144 valence electrons. The average Bonchev–Trinajstić information content (AvgIpc) is 3.13. The fraction of sp³-hybridized carbons (Fsp3) is 0.650. The van der Waals surface area contributed by atoms with Gasteiger partial charge in [0.15, 0.2) is 0 Å². The van der Waals surface area contributed by atoms with Gasteiger partial charge in [-0.2, -0.15) is 13.2 Å². The van der Waals surface area contributed by atoms with Crippen LogP contribution in [0.2, 0.25) is 0 Å². The average molecular weight is 369 g/mol. The van der Waals surface area contributed by atoms with Crippen LogP contribution in [0.4, 0.5) is 13.2 Å². The number of benzene rings is 1. The van der Waals surface area contributed by atoms with Gasteiger partial charge in [0.25, 0.3) is 0 Å². The minimum absolute atomic E-state index is 0.00902. The molecule has 0 radical (unpaired) electrons. The van der Waals surface area contributed by atoms with Crippen molar-refractivity contribution in [1.82, 2.24) is 5.32 Å². The van der Waals surface area contributed by atoms with Gasteiger partial charge in [-0.3, -0.25) is 4.79 Å². The molecule has 0 unspecified atom stereocenters. The first-order valence-electron chi connectivity index (χ1n) is 9.41. The predicted molar refractivity (Wildman–Crippen MR) is 92.8 cm³/mol. The molecule has 2 fully saturated rings. The van der Waals surface area contributed by atoms with Crippen molar-refractivity contribution in [3.63, 3.8) is 0 Å². The van der Waals surface area contributed by atoms with E-state index in [4.69, 9.17) is 4.74 Å². The number of carbonyl (C=O) groups excluding carboxylic acids is 1. The van der Waals surface area contributed by atoms with Gasteiger partial charge in [-0.1, -0.05) is 31.0 Å². The first kappa shape index (κ1) is 19.2. The topological polar surface area (TPSA) is 38.3 Å². The fourth-order valence-electron chi connectivity index (χ4n) is 4.17. The summed E-state index contributed by atoms with van der Waals surface area (Å²) in [5, 5.41) is 3.00. The summed E-state index contributed by atoms with van der Waals surface area (Å²) in [6, 6.07) is 5.52. The molecule has 3 rings (SSSR count). The molecule has 1 amide bonds. The molecule has 1 heterocycles. The van der Waals surface area contributed by atoms with E-state index in [0.29, 0.717) is 50.5 Å². The SMILES string of the molecule is O=C(CC1CCCC1)NCC1(c2cccc(C(F)(F)F)c2)CCOCC1. The molecule has 0 atom stereocenters. The molecule has 3 nitrogen and oxygen atoms in total. The predicted octanol–water partition coefficient (Wildman–Crippen LogP) is 4.45. The van der Waals surface area contributed by atoms with Gasteiger partial charge in [0.1, 0.15) is 0 Å². The smallest absolute Gasteiger partial charge is 0.381 e. The van der Waals surface area contributed by atoms with Crippen LogP contribution in [0.3, 0.4) is 0 Å². The number of nitrogens with one attached hydrogen (secondary N) is 1. The molecule has 1 aromatic rings. The highest BCUT2D eigenvalue weighted by molar-refractivity contribution is 5.76.